The van der Waals surface area contributed by atoms with Gasteiger partial charge in [-0.25, -0.2) is 4.39 Å². The van der Waals surface area contributed by atoms with Gasteiger partial charge in [0.2, 0.25) is 0 Å². The average molecular weight is 272 g/mol. The summed E-state index contributed by atoms with van der Waals surface area (Å²) in [6.45, 7) is 0.973. The Kier molecular flexibility index (Phi) is 3.62. The van der Waals surface area contributed by atoms with Crippen molar-refractivity contribution in [3.8, 4) is 0 Å². The largest absolute Gasteiger partial charge is 0.385 e. The molecule has 82 valence electrons. The van der Waals surface area contributed by atoms with Crippen molar-refractivity contribution in [3.05, 3.63) is 28.5 Å². The fourth-order valence-electron chi connectivity index (χ4n) is 2.08. The first kappa shape index (κ1) is 10.9. The summed E-state index contributed by atoms with van der Waals surface area (Å²) < 4.78 is 13.7. The summed E-state index contributed by atoms with van der Waals surface area (Å²) in [5.74, 6) is 0.572. The molecule has 1 fully saturated rings. The van der Waals surface area contributed by atoms with E-state index in [1.54, 1.807) is 12.1 Å². The summed E-state index contributed by atoms with van der Waals surface area (Å²) in [5, 5.41) is 3.29. The Morgan fingerprint density at radius 2 is 2.07 bits per heavy atom. The Morgan fingerprint density at radius 3 is 2.73 bits per heavy atom. The highest BCUT2D eigenvalue weighted by molar-refractivity contribution is 9.10. The number of halogens is 2. The van der Waals surface area contributed by atoms with E-state index in [-0.39, 0.29) is 5.82 Å². The average Bonchev–Trinajstić information content (AvgIpc) is 2.73. The first-order valence-corrected chi connectivity index (χ1v) is 6.24. The van der Waals surface area contributed by atoms with Crippen LogP contribution in [0, 0.1) is 11.7 Å². The molecule has 1 aliphatic carbocycles. The molecule has 1 aliphatic rings. The number of rotatable bonds is 3. The summed E-state index contributed by atoms with van der Waals surface area (Å²) in [5.41, 5.74) is 0.877. The Morgan fingerprint density at radius 1 is 1.33 bits per heavy atom. The van der Waals surface area contributed by atoms with Gasteiger partial charge in [-0.1, -0.05) is 12.8 Å². The summed E-state index contributed by atoms with van der Waals surface area (Å²) in [7, 11) is 0. The molecule has 0 atom stereocenters. The maximum atomic E-state index is 13.2. The van der Waals surface area contributed by atoms with Crippen molar-refractivity contribution in [2.75, 3.05) is 11.9 Å². The molecular weight excluding hydrogens is 257 g/mol. The molecule has 0 saturated heterocycles. The number of hydrogen-bond acceptors (Lipinski definition) is 1. The van der Waals surface area contributed by atoms with E-state index in [0.29, 0.717) is 4.47 Å². The van der Waals surface area contributed by atoms with Crippen LogP contribution in [-0.2, 0) is 0 Å². The quantitative estimate of drug-likeness (QED) is 0.869. The molecule has 1 saturated carbocycles. The van der Waals surface area contributed by atoms with Crippen molar-refractivity contribution in [2.45, 2.75) is 25.7 Å². The minimum Gasteiger partial charge on any atom is -0.385 e. The summed E-state index contributed by atoms with van der Waals surface area (Å²) in [6, 6.07) is 5.19. The van der Waals surface area contributed by atoms with Gasteiger partial charge in [0, 0.05) is 12.2 Å². The molecule has 1 nitrogen and oxygen atoms in total. The first-order chi connectivity index (χ1) is 7.25. The van der Waals surface area contributed by atoms with Crippen LogP contribution in [0.3, 0.4) is 0 Å². The molecule has 0 bridgehead atoms. The van der Waals surface area contributed by atoms with E-state index in [2.05, 4.69) is 21.2 Å². The smallest absolute Gasteiger partial charge is 0.139 e. The van der Waals surface area contributed by atoms with Crippen LogP contribution in [0.5, 0.6) is 0 Å². The standard InChI is InChI=1S/C12H15BrFN/c13-11-6-5-10(7-12(11)14)15-8-9-3-1-2-4-9/h5-7,9,15H,1-4,8H2. The third kappa shape index (κ3) is 2.94. The summed E-state index contributed by atoms with van der Waals surface area (Å²) >= 11 is 3.14. The van der Waals surface area contributed by atoms with Gasteiger partial charge in [-0.05, 0) is 52.9 Å². The lowest BCUT2D eigenvalue weighted by molar-refractivity contribution is 0.579. The first-order valence-electron chi connectivity index (χ1n) is 5.44. The van der Waals surface area contributed by atoms with Gasteiger partial charge in [-0.15, -0.1) is 0 Å². The molecule has 0 unspecified atom stereocenters. The Hall–Kier alpha value is -0.570. The maximum Gasteiger partial charge on any atom is 0.139 e. The number of benzene rings is 1. The van der Waals surface area contributed by atoms with Crippen LogP contribution in [-0.4, -0.2) is 6.54 Å². The van der Waals surface area contributed by atoms with E-state index in [0.717, 1.165) is 18.2 Å². The SMILES string of the molecule is Fc1cc(NCC2CCCC2)ccc1Br. The van der Waals surface area contributed by atoms with Crippen molar-refractivity contribution >= 4 is 21.6 Å². The molecule has 0 amide bonds. The van der Waals surface area contributed by atoms with E-state index in [1.807, 2.05) is 6.07 Å². The van der Waals surface area contributed by atoms with Gasteiger partial charge in [-0.3, -0.25) is 0 Å². The molecular formula is C12H15BrFN. The molecule has 0 radical (unpaired) electrons. The van der Waals surface area contributed by atoms with E-state index >= 15 is 0 Å². The molecule has 0 aromatic heterocycles. The minimum absolute atomic E-state index is 0.202. The second-order valence-corrected chi connectivity index (χ2v) is 5.01. The topological polar surface area (TPSA) is 12.0 Å². The number of anilines is 1. The lowest BCUT2D eigenvalue weighted by atomic mass is 10.1. The Balaban J connectivity index is 1.90. The van der Waals surface area contributed by atoms with Crippen molar-refractivity contribution in [1.82, 2.24) is 0 Å². The zero-order valence-electron chi connectivity index (χ0n) is 8.60. The van der Waals surface area contributed by atoms with E-state index in [4.69, 9.17) is 0 Å². The lowest BCUT2D eigenvalue weighted by Crippen LogP contribution is -2.10. The van der Waals surface area contributed by atoms with Gasteiger partial charge in [-0.2, -0.15) is 0 Å². The predicted molar refractivity (Wildman–Crippen MR) is 64.5 cm³/mol. The Labute approximate surface area is 98.2 Å². The predicted octanol–water partition coefficient (Wildman–Crippen LogP) is 4.19. The van der Waals surface area contributed by atoms with E-state index in [1.165, 1.54) is 25.7 Å². The molecule has 1 N–H and O–H groups in total. The van der Waals surface area contributed by atoms with Crippen LogP contribution in [0.15, 0.2) is 22.7 Å². The van der Waals surface area contributed by atoms with Gasteiger partial charge >= 0.3 is 0 Å². The molecule has 0 aliphatic heterocycles. The molecule has 1 aromatic rings. The second kappa shape index (κ2) is 4.97. The molecule has 2 rings (SSSR count). The Bertz CT molecular complexity index is 334. The van der Waals surface area contributed by atoms with Gasteiger partial charge in [0.05, 0.1) is 4.47 Å². The second-order valence-electron chi connectivity index (χ2n) is 4.16. The fraction of sp³-hybridized carbons (Fsp3) is 0.500. The van der Waals surface area contributed by atoms with E-state index in [9.17, 15) is 4.39 Å². The van der Waals surface area contributed by atoms with Crippen LogP contribution in [0.4, 0.5) is 10.1 Å². The van der Waals surface area contributed by atoms with Crippen molar-refractivity contribution < 1.29 is 4.39 Å². The zero-order valence-corrected chi connectivity index (χ0v) is 10.2. The maximum absolute atomic E-state index is 13.2. The highest BCUT2D eigenvalue weighted by atomic mass is 79.9. The molecule has 0 heterocycles. The normalized spacial score (nSPS) is 16.9. The van der Waals surface area contributed by atoms with Gasteiger partial charge in [0.25, 0.3) is 0 Å². The van der Waals surface area contributed by atoms with Gasteiger partial charge in [0.15, 0.2) is 0 Å². The minimum atomic E-state index is -0.202. The third-order valence-corrected chi connectivity index (χ3v) is 3.63. The lowest BCUT2D eigenvalue weighted by Gasteiger charge is -2.11. The van der Waals surface area contributed by atoms with Gasteiger partial charge in [0.1, 0.15) is 5.82 Å². The van der Waals surface area contributed by atoms with Crippen LogP contribution in [0.2, 0.25) is 0 Å². The highest BCUT2D eigenvalue weighted by Gasteiger charge is 2.14. The zero-order chi connectivity index (χ0) is 10.7. The van der Waals surface area contributed by atoms with Crippen molar-refractivity contribution in [2.24, 2.45) is 5.92 Å². The van der Waals surface area contributed by atoms with Gasteiger partial charge < -0.3 is 5.32 Å². The molecule has 0 spiro atoms. The molecule has 1 aromatic carbocycles. The monoisotopic (exact) mass is 271 g/mol. The summed E-state index contributed by atoms with van der Waals surface area (Å²) in [4.78, 5) is 0. The summed E-state index contributed by atoms with van der Waals surface area (Å²) in [6.07, 6.45) is 5.32. The van der Waals surface area contributed by atoms with Crippen molar-refractivity contribution in [1.29, 1.82) is 0 Å². The molecule has 15 heavy (non-hydrogen) atoms. The van der Waals surface area contributed by atoms with Crippen LogP contribution >= 0.6 is 15.9 Å². The van der Waals surface area contributed by atoms with Crippen LogP contribution in [0.1, 0.15) is 25.7 Å². The third-order valence-electron chi connectivity index (χ3n) is 2.99. The number of hydrogen-bond donors (Lipinski definition) is 1. The highest BCUT2D eigenvalue weighted by Crippen LogP contribution is 2.25. The fourth-order valence-corrected chi connectivity index (χ4v) is 2.33. The number of nitrogens with one attached hydrogen (secondary N) is 1. The van der Waals surface area contributed by atoms with Crippen LogP contribution in [0.25, 0.3) is 0 Å². The molecule has 3 heteroatoms. The van der Waals surface area contributed by atoms with Crippen molar-refractivity contribution in [3.63, 3.8) is 0 Å². The van der Waals surface area contributed by atoms with E-state index < -0.39 is 0 Å². The van der Waals surface area contributed by atoms with Crippen LogP contribution < -0.4 is 5.32 Å².